The van der Waals surface area contributed by atoms with E-state index >= 15 is 0 Å². The van der Waals surface area contributed by atoms with E-state index in [0.29, 0.717) is 42.4 Å². The van der Waals surface area contributed by atoms with Gasteiger partial charge in [0.25, 0.3) is 5.91 Å². The van der Waals surface area contributed by atoms with Crippen LogP contribution in [0, 0.1) is 0 Å². The van der Waals surface area contributed by atoms with Gasteiger partial charge in [-0.2, -0.15) is 4.98 Å². The number of hydrogen-bond donors (Lipinski definition) is 2. The molecule has 1 aromatic heterocycles. The third-order valence-electron chi connectivity index (χ3n) is 10.8. The number of carbonyl (C=O) groups is 2. The van der Waals surface area contributed by atoms with Gasteiger partial charge in [0.15, 0.2) is 5.82 Å². The second-order valence-corrected chi connectivity index (χ2v) is 13.6. The minimum Gasteiger partial charge on any atom is -0.491 e. The van der Waals surface area contributed by atoms with Crippen molar-refractivity contribution in [3.05, 3.63) is 29.5 Å². The van der Waals surface area contributed by atoms with E-state index in [9.17, 15) is 9.59 Å². The fourth-order valence-corrected chi connectivity index (χ4v) is 8.21. The van der Waals surface area contributed by atoms with Crippen LogP contribution < -0.4 is 25.2 Å². The van der Waals surface area contributed by atoms with E-state index < -0.39 is 0 Å². The Hall–Kier alpha value is -3.44. The van der Waals surface area contributed by atoms with Gasteiger partial charge < -0.3 is 30.1 Å². The van der Waals surface area contributed by atoms with Gasteiger partial charge in [-0.3, -0.25) is 14.5 Å². The summed E-state index contributed by atoms with van der Waals surface area (Å²) in [5.74, 6) is 2.06. The SMILES string of the molecule is CC[C@@H]1C(=O)N(C)c2cnc(Nc3ccc(C(=O)NC4CCC(N5CCN(C)CC5)CC4)c4c3OCC4)nc2N1C1CCCC1. The molecule has 1 atom stereocenters. The van der Waals surface area contributed by atoms with Crippen LogP contribution in [0.15, 0.2) is 18.3 Å². The van der Waals surface area contributed by atoms with Crippen molar-refractivity contribution >= 4 is 35.0 Å². The molecule has 0 spiro atoms. The van der Waals surface area contributed by atoms with Gasteiger partial charge in [-0.15, -0.1) is 0 Å². The lowest BCUT2D eigenvalue weighted by atomic mass is 9.89. The summed E-state index contributed by atoms with van der Waals surface area (Å²) in [6, 6.07) is 4.75. The highest BCUT2D eigenvalue weighted by molar-refractivity contribution is 6.04. The number of amides is 2. The molecular formula is C34H48N8O3. The largest absolute Gasteiger partial charge is 0.491 e. The fraction of sp³-hybridized carbons (Fsp3) is 0.647. The zero-order valence-corrected chi connectivity index (χ0v) is 27.1. The highest BCUT2D eigenvalue weighted by atomic mass is 16.5. The molecule has 7 rings (SSSR count). The zero-order valence-electron chi connectivity index (χ0n) is 27.1. The first kappa shape index (κ1) is 30.2. The summed E-state index contributed by atoms with van der Waals surface area (Å²) in [5.41, 5.74) is 3.13. The van der Waals surface area contributed by atoms with Crippen molar-refractivity contribution in [2.45, 2.75) is 95.3 Å². The van der Waals surface area contributed by atoms with E-state index in [4.69, 9.17) is 9.72 Å². The lowest BCUT2D eigenvalue weighted by Gasteiger charge is -2.43. The first-order valence-corrected chi connectivity index (χ1v) is 17.1. The molecule has 3 fully saturated rings. The summed E-state index contributed by atoms with van der Waals surface area (Å²) in [6.07, 6.45) is 12.0. The Labute approximate surface area is 266 Å². The first-order valence-electron chi connectivity index (χ1n) is 17.1. The molecular weight excluding hydrogens is 568 g/mol. The normalized spacial score (nSPS) is 26.0. The number of likely N-dealkylation sites (N-methyl/N-ethyl adjacent to an activating group) is 2. The van der Waals surface area contributed by atoms with Gasteiger partial charge >= 0.3 is 0 Å². The average molecular weight is 617 g/mol. The van der Waals surface area contributed by atoms with Gasteiger partial charge in [-0.1, -0.05) is 19.8 Å². The number of benzene rings is 1. The molecule has 11 nitrogen and oxygen atoms in total. The van der Waals surface area contributed by atoms with Crippen LogP contribution in [0.2, 0.25) is 0 Å². The molecule has 11 heteroatoms. The monoisotopic (exact) mass is 616 g/mol. The Balaban J connectivity index is 1.05. The molecule has 1 aromatic carbocycles. The van der Waals surface area contributed by atoms with Crippen molar-refractivity contribution in [1.29, 1.82) is 0 Å². The van der Waals surface area contributed by atoms with Gasteiger partial charge in [-0.25, -0.2) is 4.98 Å². The molecule has 4 heterocycles. The predicted molar refractivity (Wildman–Crippen MR) is 176 cm³/mol. The average Bonchev–Trinajstić information content (AvgIpc) is 3.77. The predicted octanol–water partition coefficient (Wildman–Crippen LogP) is 3.95. The smallest absolute Gasteiger partial charge is 0.251 e. The fourth-order valence-electron chi connectivity index (χ4n) is 8.21. The van der Waals surface area contributed by atoms with E-state index in [1.807, 2.05) is 19.2 Å². The second kappa shape index (κ2) is 12.7. The maximum absolute atomic E-state index is 13.5. The van der Waals surface area contributed by atoms with Crippen LogP contribution >= 0.6 is 0 Å². The van der Waals surface area contributed by atoms with E-state index in [1.54, 1.807) is 11.1 Å². The van der Waals surface area contributed by atoms with Crippen molar-refractivity contribution in [1.82, 2.24) is 25.1 Å². The summed E-state index contributed by atoms with van der Waals surface area (Å²) in [4.78, 5) is 45.4. The van der Waals surface area contributed by atoms with Crippen molar-refractivity contribution in [2.75, 3.05) is 62.0 Å². The summed E-state index contributed by atoms with van der Waals surface area (Å²) < 4.78 is 6.08. The van der Waals surface area contributed by atoms with E-state index in [-0.39, 0.29) is 23.9 Å². The van der Waals surface area contributed by atoms with Crippen LogP contribution in [0.25, 0.3) is 0 Å². The molecule has 2 amide bonds. The third kappa shape index (κ3) is 5.85. The van der Waals surface area contributed by atoms with Crippen molar-refractivity contribution in [3.8, 4) is 5.75 Å². The number of piperazine rings is 1. The van der Waals surface area contributed by atoms with Crippen molar-refractivity contribution in [3.63, 3.8) is 0 Å². The highest BCUT2D eigenvalue weighted by Crippen LogP contribution is 2.42. The number of anilines is 4. The quantitative estimate of drug-likeness (QED) is 0.479. The summed E-state index contributed by atoms with van der Waals surface area (Å²) in [7, 11) is 4.01. The standard InChI is InChI=1S/C34H48N8O3/c1-4-28-33(44)40(3)29-21-35-34(38-31(29)42(28)24-7-5-6-8-24)37-27-14-13-26(25-15-20-45-30(25)27)32(43)36-22-9-11-23(12-10-22)41-18-16-39(2)17-19-41/h13-14,21-24,28H,4-12,15-20H2,1-3H3,(H,36,43)(H,35,37,38)/t22?,23?,28-/m1/s1. The van der Waals surface area contributed by atoms with Gasteiger partial charge in [0.05, 0.1) is 18.5 Å². The maximum atomic E-state index is 13.5. The van der Waals surface area contributed by atoms with Crippen LogP contribution in [0.1, 0.15) is 80.6 Å². The molecule has 0 unspecified atom stereocenters. The van der Waals surface area contributed by atoms with Crippen LogP contribution in [0.4, 0.5) is 23.1 Å². The lowest BCUT2D eigenvalue weighted by Crippen LogP contribution is -2.55. The number of carbonyl (C=O) groups excluding carboxylic acids is 2. The van der Waals surface area contributed by atoms with Crippen LogP contribution in [-0.2, 0) is 11.2 Å². The summed E-state index contributed by atoms with van der Waals surface area (Å²) in [6.45, 7) is 7.19. The van der Waals surface area contributed by atoms with Crippen molar-refractivity contribution in [2.24, 2.45) is 0 Å². The number of aromatic nitrogens is 2. The van der Waals surface area contributed by atoms with Crippen molar-refractivity contribution < 1.29 is 14.3 Å². The Morgan fingerprint density at radius 1 is 1.00 bits per heavy atom. The molecule has 0 radical (unpaired) electrons. The molecule has 242 valence electrons. The van der Waals surface area contributed by atoms with Gasteiger partial charge in [0.2, 0.25) is 11.9 Å². The van der Waals surface area contributed by atoms with E-state index in [1.165, 1.54) is 12.8 Å². The molecule has 2 aromatic rings. The van der Waals surface area contributed by atoms with Gasteiger partial charge in [0, 0.05) is 68.9 Å². The second-order valence-electron chi connectivity index (χ2n) is 13.6. The topological polar surface area (TPSA) is 106 Å². The maximum Gasteiger partial charge on any atom is 0.251 e. The minimum atomic E-state index is -0.222. The number of fused-ring (bicyclic) bond motifs is 2. The number of nitrogens with zero attached hydrogens (tertiary/aromatic N) is 6. The molecule has 2 N–H and O–H groups in total. The molecule has 5 aliphatic rings. The molecule has 2 saturated carbocycles. The van der Waals surface area contributed by atoms with Gasteiger partial charge in [-0.05, 0) is 64.1 Å². The summed E-state index contributed by atoms with van der Waals surface area (Å²) in [5, 5.41) is 6.74. The number of ether oxygens (including phenoxy) is 1. The van der Waals surface area contributed by atoms with Crippen LogP contribution in [-0.4, -0.2) is 103 Å². The number of nitrogens with one attached hydrogen (secondary N) is 2. The molecule has 1 saturated heterocycles. The molecule has 45 heavy (non-hydrogen) atoms. The Bertz CT molecular complexity index is 1410. The molecule has 2 aliphatic carbocycles. The Morgan fingerprint density at radius 2 is 1.76 bits per heavy atom. The van der Waals surface area contributed by atoms with Gasteiger partial charge in [0.1, 0.15) is 17.5 Å². The number of hydrogen-bond acceptors (Lipinski definition) is 9. The lowest BCUT2D eigenvalue weighted by molar-refractivity contribution is -0.120. The highest BCUT2D eigenvalue weighted by Gasteiger charge is 2.41. The molecule has 3 aliphatic heterocycles. The summed E-state index contributed by atoms with van der Waals surface area (Å²) >= 11 is 0. The number of rotatable bonds is 7. The Kier molecular flexibility index (Phi) is 8.56. The van der Waals surface area contributed by atoms with Crippen LogP contribution in [0.5, 0.6) is 5.75 Å². The molecule has 0 bridgehead atoms. The minimum absolute atomic E-state index is 0.0121. The van der Waals surface area contributed by atoms with E-state index in [0.717, 1.165) is 93.9 Å². The van der Waals surface area contributed by atoms with Crippen LogP contribution in [0.3, 0.4) is 0 Å². The first-order chi connectivity index (χ1) is 21.9. The zero-order chi connectivity index (χ0) is 31.1. The van der Waals surface area contributed by atoms with E-state index in [2.05, 4.69) is 44.3 Å². The third-order valence-corrected chi connectivity index (χ3v) is 10.8. The Morgan fingerprint density at radius 3 is 2.49 bits per heavy atom.